The summed E-state index contributed by atoms with van der Waals surface area (Å²) < 4.78 is 45.1. The second kappa shape index (κ2) is 9.99. The number of piperazine rings is 1. The molecule has 1 saturated heterocycles. The molecular weight excluding hydrogens is 371 g/mol. The highest BCUT2D eigenvalue weighted by Crippen LogP contribution is 2.25. The monoisotopic (exact) mass is 395 g/mol. The molecule has 0 spiro atoms. The standard InChI is InChI=1S/C17H24F3N3O2.ClH/c1-12-3-4-13(9-14(12)25-2)10-16(24)22-11-15(17(18,19)20)23-7-5-21-6-8-23;/h3-4,9,15,21H,5-8,10-11H2,1-2H3,(H,22,24);1H. The number of carbonyl (C=O) groups is 1. The number of aryl methyl sites for hydroxylation is 1. The van der Waals surface area contributed by atoms with E-state index in [2.05, 4.69) is 10.6 Å². The fourth-order valence-electron chi connectivity index (χ4n) is 2.88. The van der Waals surface area contributed by atoms with E-state index < -0.39 is 24.7 Å². The van der Waals surface area contributed by atoms with Crippen LogP contribution in [0.2, 0.25) is 0 Å². The van der Waals surface area contributed by atoms with E-state index in [1.165, 1.54) is 12.0 Å². The van der Waals surface area contributed by atoms with Crippen molar-refractivity contribution in [3.63, 3.8) is 0 Å². The number of amides is 1. The van der Waals surface area contributed by atoms with Crippen molar-refractivity contribution in [3.8, 4) is 5.75 Å². The number of rotatable bonds is 6. The molecule has 0 bridgehead atoms. The molecule has 2 N–H and O–H groups in total. The van der Waals surface area contributed by atoms with Crippen molar-refractivity contribution >= 4 is 18.3 Å². The number of benzene rings is 1. The summed E-state index contributed by atoms with van der Waals surface area (Å²) in [6.45, 7) is 3.10. The van der Waals surface area contributed by atoms with Crippen LogP contribution in [0.5, 0.6) is 5.75 Å². The Balaban J connectivity index is 0.00000338. The molecule has 0 radical (unpaired) electrons. The zero-order valence-electron chi connectivity index (χ0n) is 14.9. The molecule has 5 nitrogen and oxygen atoms in total. The SMILES string of the molecule is COc1cc(CC(=O)NCC(N2CCNCC2)C(F)(F)F)ccc1C.Cl. The van der Waals surface area contributed by atoms with Crippen LogP contribution in [0.3, 0.4) is 0 Å². The third-order valence-corrected chi connectivity index (χ3v) is 4.30. The lowest BCUT2D eigenvalue weighted by molar-refractivity contribution is -0.184. The molecule has 1 heterocycles. The van der Waals surface area contributed by atoms with Crippen molar-refractivity contribution in [3.05, 3.63) is 29.3 Å². The van der Waals surface area contributed by atoms with Gasteiger partial charge in [0.1, 0.15) is 11.8 Å². The number of carbonyl (C=O) groups excluding carboxylic acids is 1. The quantitative estimate of drug-likeness (QED) is 0.772. The first-order chi connectivity index (χ1) is 11.8. The van der Waals surface area contributed by atoms with Gasteiger partial charge in [-0.3, -0.25) is 9.69 Å². The van der Waals surface area contributed by atoms with Crippen molar-refractivity contribution in [1.82, 2.24) is 15.5 Å². The summed E-state index contributed by atoms with van der Waals surface area (Å²) in [7, 11) is 1.54. The number of hydrogen-bond acceptors (Lipinski definition) is 4. The molecule has 1 aromatic rings. The summed E-state index contributed by atoms with van der Waals surface area (Å²) in [5.74, 6) is 0.217. The van der Waals surface area contributed by atoms with Crippen molar-refractivity contribution in [2.75, 3.05) is 39.8 Å². The van der Waals surface area contributed by atoms with Crippen LogP contribution < -0.4 is 15.4 Å². The van der Waals surface area contributed by atoms with Crippen LogP contribution >= 0.6 is 12.4 Å². The van der Waals surface area contributed by atoms with E-state index in [-0.39, 0.29) is 18.8 Å². The number of ether oxygens (including phenoxy) is 1. The Morgan fingerprint density at radius 3 is 2.58 bits per heavy atom. The second-order valence-corrected chi connectivity index (χ2v) is 6.13. The Morgan fingerprint density at radius 1 is 1.35 bits per heavy atom. The van der Waals surface area contributed by atoms with Gasteiger partial charge in [0, 0.05) is 32.7 Å². The minimum atomic E-state index is -4.38. The van der Waals surface area contributed by atoms with Gasteiger partial charge in [0.25, 0.3) is 0 Å². The van der Waals surface area contributed by atoms with Crippen LogP contribution in [0.25, 0.3) is 0 Å². The van der Waals surface area contributed by atoms with Crippen molar-refractivity contribution < 1.29 is 22.7 Å². The van der Waals surface area contributed by atoms with Gasteiger partial charge in [-0.05, 0) is 24.1 Å². The summed E-state index contributed by atoms with van der Waals surface area (Å²) in [6.07, 6.45) is -4.36. The fourth-order valence-corrected chi connectivity index (χ4v) is 2.88. The van der Waals surface area contributed by atoms with E-state index in [1.54, 1.807) is 12.1 Å². The molecule has 0 aromatic heterocycles. The summed E-state index contributed by atoms with van der Waals surface area (Å²) >= 11 is 0. The highest BCUT2D eigenvalue weighted by molar-refractivity contribution is 5.85. The van der Waals surface area contributed by atoms with Gasteiger partial charge in [0.15, 0.2) is 0 Å². The van der Waals surface area contributed by atoms with E-state index in [0.29, 0.717) is 37.5 Å². The Morgan fingerprint density at radius 2 is 2.00 bits per heavy atom. The molecule has 9 heteroatoms. The van der Waals surface area contributed by atoms with Gasteiger partial charge in [-0.1, -0.05) is 12.1 Å². The molecule has 1 aliphatic heterocycles. The Labute approximate surface area is 157 Å². The van der Waals surface area contributed by atoms with Gasteiger partial charge in [-0.25, -0.2) is 0 Å². The molecule has 1 amide bonds. The third-order valence-electron chi connectivity index (χ3n) is 4.30. The highest BCUT2D eigenvalue weighted by atomic mass is 35.5. The first-order valence-corrected chi connectivity index (χ1v) is 8.23. The molecule has 0 aliphatic carbocycles. The number of hydrogen-bond donors (Lipinski definition) is 2. The van der Waals surface area contributed by atoms with Gasteiger partial charge < -0.3 is 15.4 Å². The Bertz CT molecular complexity index is 593. The molecule has 2 rings (SSSR count). The van der Waals surface area contributed by atoms with Crippen LogP contribution in [0, 0.1) is 6.92 Å². The minimum absolute atomic E-state index is 0. The Hall–Kier alpha value is -1.51. The predicted molar refractivity (Wildman–Crippen MR) is 96.0 cm³/mol. The van der Waals surface area contributed by atoms with Gasteiger partial charge in [-0.15, -0.1) is 12.4 Å². The molecule has 26 heavy (non-hydrogen) atoms. The average molecular weight is 396 g/mol. The number of halogens is 4. The van der Waals surface area contributed by atoms with Crippen LogP contribution in [0.15, 0.2) is 18.2 Å². The first kappa shape index (κ1) is 22.5. The number of nitrogens with zero attached hydrogens (tertiary/aromatic N) is 1. The zero-order chi connectivity index (χ0) is 18.4. The van der Waals surface area contributed by atoms with E-state index >= 15 is 0 Å². The van der Waals surface area contributed by atoms with Gasteiger partial charge >= 0.3 is 6.18 Å². The molecule has 148 valence electrons. The highest BCUT2D eigenvalue weighted by Gasteiger charge is 2.43. The third kappa shape index (κ3) is 6.34. The lowest BCUT2D eigenvalue weighted by atomic mass is 10.1. The number of alkyl halides is 3. The summed E-state index contributed by atoms with van der Waals surface area (Å²) in [6, 6.07) is 3.66. The largest absolute Gasteiger partial charge is 0.496 e. The lowest BCUT2D eigenvalue weighted by Crippen LogP contribution is -2.57. The smallest absolute Gasteiger partial charge is 0.405 e. The summed E-state index contributed by atoms with van der Waals surface area (Å²) in [5, 5.41) is 5.45. The fraction of sp³-hybridized carbons (Fsp3) is 0.588. The van der Waals surface area contributed by atoms with Gasteiger partial charge in [-0.2, -0.15) is 13.2 Å². The number of nitrogens with one attached hydrogen (secondary N) is 2. The molecule has 1 aromatic carbocycles. The second-order valence-electron chi connectivity index (χ2n) is 6.13. The van der Waals surface area contributed by atoms with E-state index in [4.69, 9.17) is 4.74 Å². The van der Waals surface area contributed by atoms with Crippen molar-refractivity contribution in [2.24, 2.45) is 0 Å². The van der Waals surface area contributed by atoms with Crippen LogP contribution in [0.4, 0.5) is 13.2 Å². The zero-order valence-corrected chi connectivity index (χ0v) is 15.7. The maximum absolute atomic E-state index is 13.3. The molecule has 1 aliphatic rings. The van der Waals surface area contributed by atoms with Crippen LogP contribution in [0.1, 0.15) is 11.1 Å². The topological polar surface area (TPSA) is 53.6 Å². The van der Waals surface area contributed by atoms with Crippen molar-refractivity contribution in [2.45, 2.75) is 25.6 Å². The lowest BCUT2D eigenvalue weighted by Gasteiger charge is -2.35. The summed E-state index contributed by atoms with van der Waals surface area (Å²) in [4.78, 5) is 13.4. The van der Waals surface area contributed by atoms with E-state index in [0.717, 1.165) is 5.56 Å². The molecular formula is C17H25ClF3N3O2. The average Bonchev–Trinajstić information content (AvgIpc) is 2.56. The normalized spacial score (nSPS) is 16.5. The Kier molecular flexibility index (Phi) is 8.66. The first-order valence-electron chi connectivity index (χ1n) is 8.23. The van der Waals surface area contributed by atoms with Crippen LogP contribution in [-0.4, -0.2) is 62.9 Å². The predicted octanol–water partition coefficient (Wildman–Crippen LogP) is 1.92. The molecule has 1 atom stereocenters. The minimum Gasteiger partial charge on any atom is -0.496 e. The van der Waals surface area contributed by atoms with Crippen LogP contribution in [-0.2, 0) is 11.2 Å². The maximum atomic E-state index is 13.3. The maximum Gasteiger partial charge on any atom is 0.405 e. The number of methoxy groups -OCH3 is 1. The molecule has 0 saturated carbocycles. The van der Waals surface area contributed by atoms with Gasteiger partial charge in [0.2, 0.25) is 5.91 Å². The van der Waals surface area contributed by atoms with E-state index in [1.807, 2.05) is 13.0 Å². The molecule has 1 fully saturated rings. The van der Waals surface area contributed by atoms with Crippen molar-refractivity contribution in [1.29, 1.82) is 0 Å². The summed E-state index contributed by atoms with van der Waals surface area (Å²) in [5.41, 5.74) is 1.63. The molecule has 1 unspecified atom stereocenters. The van der Waals surface area contributed by atoms with E-state index in [9.17, 15) is 18.0 Å². The van der Waals surface area contributed by atoms with Gasteiger partial charge in [0.05, 0.1) is 13.5 Å².